The van der Waals surface area contributed by atoms with Crippen LogP contribution in [0.5, 0.6) is 0 Å². The topological polar surface area (TPSA) is 44.9 Å². The van der Waals surface area contributed by atoms with Crippen molar-refractivity contribution in [3.8, 4) is 0 Å². The van der Waals surface area contributed by atoms with Gasteiger partial charge in [0.2, 0.25) is 5.56 Å². The molecule has 0 radical (unpaired) electrons. The Labute approximate surface area is 119 Å². The van der Waals surface area contributed by atoms with E-state index in [2.05, 4.69) is 17.2 Å². The summed E-state index contributed by atoms with van der Waals surface area (Å²) in [6, 6.07) is 3.78. The third-order valence-electron chi connectivity index (χ3n) is 4.28. The first-order valence-electron chi connectivity index (χ1n) is 6.79. The van der Waals surface area contributed by atoms with Crippen molar-refractivity contribution in [3.05, 3.63) is 39.7 Å². The molecule has 0 aliphatic carbocycles. The highest BCUT2D eigenvalue weighted by Crippen LogP contribution is 2.40. The van der Waals surface area contributed by atoms with Gasteiger partial charge in [-0.1, -0.05) is 13.8 Å². The van der Waals surface area contributed by atoms with Crippen molar-refractivity contribution in [2.24, 2.45) is 5.92 Å². The Kier molecular flexibility index (Phi) is 3.00. The molecule has 112 valence electrons. The zero-order valence-corrected chi connectivity index (χ0v) is 11.6. The lowest BCUT2D eigenvalue weighted by Crippen LogP contribution is -2.24. The molecule has 1 aliphatic rings. The van der Waals surface area contributed by atoms with E-state index >= 15 is 0 Å². The number of rotatable bonds is 0. The van der Waals surface area contributed by atoms with E-state index < -0.39 is 17.3 Å². The highest BCUT2D eigenvalue weighted by Gasteiger charge is 2.34. The van der Waals surface area contributed by atoms with Crippen LogP contribution in [0.4, 0.5) is 18.9 Å². The maximum Gasteiger partial charge on any atom is 0.417 e. The number of aromatic nitrogens is 1. The van der Waals surface area contributed by atoms with Gasteiger partial charge in [0.1, 0.15) is 0 Å². The van der Waals surface area contributed by atoms with E-state index in [-0.39, 0.29) is 16.8 Å². The van der Waals surface area contributed by atoms with Crippen LogP contribution in [-0.2, 0) is 6.18 Å². The number of nitrogens with one attached hydrogen (secondary N) is 2. The molecule has 1 aromatic heterocycles. The summed E-state index contributed by atoms with van der Waals surface area (Å²) >= 11 is 0. The molecule has 2 heterocycles. The number of H-pyrrole nitrogens is 1. The zero-order chi connectivity index (χ0) is 15.4. The van der Waals surface area contributed by atoms with Crippen LogP contribution in [0.1, 0.15) is 30.9 Å². The van der Waals surface area contributed by atoms with Crippen molar-refractivity contribution in [1.82, 2.24) is 4.98 Å². The molecule has 1 aliphatic heterocycles. The number of aromatic amines is 1. The maximum atomic E-state index is 13.1. The van der Waals surface area contributed by atoms with Gasteiger partial charge in [-0.05, 0) is 29.5 Å². The summed E-state index contributed by atoms with van der Waals surface area (Å²) in [6.45, 7) is 4.83. The molecule has 0 amide bonds. The average Bonchev–Trinajstić information content (AvgIpc) is 2.39. The Morgan fingerprint density at radius 1 is 1.19 bits per heavy atom. The second-order valence-corrected chi connectivity index (χ2v) is 5.68. The molecule has 2 N–H and O–H groups in total. The van der Waals surface area contributed by atoms with Crippen molar-refractivity contribution < 1.29 is 13.2 Å². The molecule has 2 aromatic rings. The lowest BCUT2D eigenvalue weighted by Gasteiger charge is -2.30. The van der Waals surface area contributed by atoms with E-state index in [0.717, 1.165) is 17.8 Å². The van der Waals surface area contributed by atoms with Crippen LogP contribution in [0.3, 0.4) is 0 Å². The fourth-order valence-corrected chi connectivity index (χ4v) is 2.84. The summed E-state index contributed by atoms with van der Waals surface area (Å²) in [7, 11) is 0. The molecule has 3 nitrogen and oxygen atoms in total. The van der Waals surface area contributed by atoms with Gasteiger partial charge in [0.05, 0.1) is 11.1 Å². The molecule has 0 saturated carbocycles. The van der Waals surface area contributed by atoms with E-state index in [9.17, 15) is 18.0 Å². The summed E-state index contributed by atoms with van der Waals surface area (Å²) in [6.07, 6.45) is -4.54. The largest absolute Gasteiger partial charge is 0.417 e. The highest BCUT2D eigenvalue weighted by molar-refractivity contribution is 5.87. The van der Waals surface area contributed by atoms with Gasteiger partial charge in [-0.15, -0.1) is 0 Å². The van der Waals surface area contributed by atoms with Gasteiger partial charge >= 0.3 is 6.18 Å². The first kappa shape index (κ1) is 14.0. The number of benzene rings is 1. The fourth-order valence-electron chi connectivity index (χ4n) is 2.84. The average molecular weight is 296 g/mol. The molecule has 0 unspecified atom stereocenters. The standard InChI is InChI=1S/C15H15F3N2O/c1-7-6-19-12-5-13-10(3-9(12)8(7)2)11(15(16,17)18)4-14(21)20-13/h3-5,7-8,19H,6H2,1-2H3,(H,20,21)/t7-,8-/m0/s1. The SMILES string of the molecule is C[C@@H]1c2cc3c(C(F)(F)F)cc(=O)[nH]c3cc2NC[C@@H]1C. The number of hydrogen-bond acceptors (Lipinski definition) is 2. The Morgan fingerprint density at radius 3 is 2.57 bits per heavy atom. The normalized spacial score (nSPS) is 22.0. The lowest BCUT2D eigenvalue weighted by atomic mass is 9.83. The van der Waals surface area contributed by atoms with Gasteiger partial charge in [0.15, 0.2) is 0 Å². The summed E-state index contributed by atoms with van der Waals surface area (Å²) < 4.78 is 39.4. The first-order valence-corrected chi connectivity index (χ1v) is 6.79. The number of hydrogen-bond donors (Lipinski definition) is 2. The lowest BCUT2D eigenvalue weighted by molar-refractivity contribution is -0.136. The van der Waals surface area contributed by atoms with E-state index in [1.54, 1.807) is 12.1 Å². The van der Waals surface area contributed by atoms with E-state index in [4.69, 9.17) is 0 Å². The minimum Gasteiger partial charge on any atom is -0.384 e. The van der Waals surface area contributed by atoms with Crippen molar-refractivity contribution in [2.75, 3.05) is 11.9 Å². The molecule has 21 heavy (non-hydrogen) atoms. The minimum absolute atomic E-state index is 0.0450. The van der Waals surface area contributed by atoms with Crippen LogP contribution in [0.15, 0.2) is 23.0 Å². The van der Waals surface area contributed by atoms with E-state index in [1.165, 1.54) is 0 Å². The molecule has 1 aromatic carbocycles. The van der Waals surface area contributed by atoms with Crippen LogP contribution in [0.25, 0.3) is 10.9 Å². The monoisotopic (exact) mass is 296 g/mol. The van der Waals surface area contributed by atoms with Gasteiger partial charge in [-0.2, -0.15) is 13.2 Å². The molecule has 0 bridgehead atoms. The Hall–Kier alpha value is -1.98. The van der Waals surface area contributed by atoms with Crippen LogP contribution in [-0.4, -0.2) is 11.5 Å². The third-order valence-corrected chi connectivity index (χ3v) is 4.28. The van der Waals surface area contributed by atoms with Gasteiger partial charge < -0.3 is 10.3 Å². The summed E-state index contributed by atoms with van der Waals surface area (Å²) in [4.78, 5) is 13.9. The number of anilines is 1. The second kappa shape index (κ2) is 4.51. The maximum absolute atomic E-state index is 13.1. The quantitative estimate of drug-likeness (QED) is 0.778. The van der Waals surface area contributed by atoms with Gasteiger partial charge in [-0.3, -0.25) is 4.79 Å². The minimum atomic E-state index is -4.54. The fraction of sp³-hybridized carbons (Fsp3) is 0.400. The van der Waals surface area contributed by atoms with Crippen LogP contribution < -0.4 is 10.9 Å². The Balaban J connectivity index is 2.34. The molecule has 3 rings (SSSR count). The zero-order valence-electron chi connectivity index (χ0n) is 11.6. The smallest absolute Gasteiger partial charge is 0.384 e. The predicted molar refractivity (Wildman–Crippen MR) is 75.6 cm³/mol. The van der Waals surface area contributed by atoms with E-state index in [1.807, 2.05) is 6.92 Å². The number of alkyl halides is 3. The number of pyridine rings is 1. The first-order chi connectivity index (χ1) is 9.77. The molecule has 0 spiro atoms. The third kappa shape index (κ3) is 2.28. The predicted octanol–water partition coefficient (Wildman–Crippen LogP) is 3.71. The van der Waals surface area contributed by atoms with E-state index in [0.29, 0.717) is 12.0 Å². The second-order valence-electron chi connectivity index (χ2n) is 5.68. The molecule has 0 fully saturated rings. The van der Waals surface area contributed by atoms with Crippen LogP contribution in [0.2, 0.25) is 0 Å². The molecular formula is C15H15F3N2O. The van der Waals surface area contributed by atoms with Crippen molar-refractivity contribution in [1.29, 1.82) is 0 Å². The van der Waals surface area contributed by atoms with Gasteiger partial charge in [-0.25, -0.2) is 0 Å². The highest BCUT2D eigenvalue weighted by atomic mass is 19.4. The van der Waals surface area contributed by atoms with Crippen LogP contribution in [0, 0.1) is 5.92 Å². The summed E-state index contributed by atoms with van der Waals surface area (Å²) in [5, 5.41) is 3.25. The summed E-state index contributed by atoms with van der Waals surface area (Å²) in [5.41, 5.74) is 0.242. The van der Waals surface area contributed by atoms with Crippen LogP contribution >= 0.6 is 0 Å². The number of fused-ring (bicyclic) bond motifs is 2. The summed E-state index contributed by atoms with van der Waals surface area (Å²) in [5.74, 6) is 0.505. The van der Waals surface area contributed by atoms with Crippen molar-refractivity contribution in [2.45, 2.75) is 25.9 Å². The molecule has 0 saturated heterocycles. The van der Waals surface area contributed by atoms with Crippen molar-refractivity contribution >= 4 is 16.6 Å². The van der Waals surface area contributed by atoms with Crippen molar-refractivity contribution in [3.63, 3.8) is 0 Å². The molecule has 6 heteroatoms. The Morgan fingerprint density at radius 2 is 1.90 bits per heavy atom. The number of halogens is 3. The van der Waals surface area contributed by atoms with Gasteiger partial charge in [0.25, 0.3) is 0 Å². The van der Waals surface area contributed by atoms with Gasteiger partial charge in [0, 0.05) is 23.7 Å². The Bertz CT molecular complexity index is 764. The molecule has 2 atom stereocenters. The molecular weight excluding hydrogens is 281 g/mol.